The fourth-order valence-corrected chi connectivity index (χ4v) is 5.95. The van der Waals surface area contributed by atoms with Gasteiger partial charge < -0.3 is 28.3 Å². The Morgan fingerprint density at radius 2 is 1.54 bits per heavy atom. The van der Waals surface area contributed by atoms with E-state index in [2.05, 4.69) is 0 Å². The van der Waals surface area contributed by atoms with Gasteiger partial charge in [0.1, 0.15) is 5.75 Å². The highest BCUT2D eigenvalue weighted by Gasteiger charge is 2.50. The van der Waals surface area contributed by atoms with Crippen molar-refractivity contribution in [2.45, 2.75) is 39.1 Å². The van der Waals surface area contributed by atoms with Crippen LogP contribution in [0.4, 0.5) is 13.2 Å². The molecular weight excluding hydrogens is 535 g/mol. The highest BCUT2D eigenvalue weighted by Crippen LogP contribution is 2.57. The third-order valence-electron chi connectivity index (χ3n) is 7.55. The second-order valence-corrected chi connectivity index (χ2v) is 9.81. The van der Waals surface area contributed by atoms with Crippen LogP contribution in [0, 0.1) is 0 Å². The molecular formula is C32H30F3NO5. The summed E-state index contributed by atoms with van der Waals surface area (Å²) in [5.74, 6) is 2.35. The average Bonchev–Trinajstić information content (AvgIpc) is 3.32. The standard InChI is InChI=1S/C32H30F3NO5/c1-5-39-25-15-18-13-14-36-29(21(18)17-26(25)40-6-2)27(19-11-12-23(37-3)24(16-19)38-4)28-20-9-7-8-10-22(20)41-31(30(28)36)32(33,34)35/h7-12,15-17,31H,5-6,13-14H2,1-4H3. The molecule has 2 aliphatic heterocycles. The van der Waals surface area contributed by atoms with E-state index in [-0.39, 0.29) is 11.4 Å². The molecule has 1 aromatic heterocycles. The lowest BCUT2D eigenvalue weighted by Crippen LogP contribution is -2.31. The van der Waals surface area contributed by atoms with Crippen molar-refractivity contribution in [3.63, 3.8) is 0 Å². The van der Waals surface area contributed by atoms with Gasteiger partial charge in [0, 0.05) is 28.8 Å². The topological polar surface area (TPSA) is 51.1 Å². The van der Waals surface area contributed by atoms with Crippen LogP contribution in [0.2, 0.25) is 0 Å². The van der Waals surface area contributed by atoms with Crippen LogP contribution in [-0.2, 0) is 13.0 Å². The summed E-state index contributed by atoms with van der Waals surface area (Å²) in [6, 6.07) is 16.1. The van der Waals surface area contributed by atoms with E-state index in [1.807, 2.05) is 50.2 Å². The Bertz CT molecular complexity index is 1620. The van der Waals surface area contributed by atoms with Gasteiger partial charge in [-0.15, -0.1) is 0 Å². The molecule has 0 saturated carbocycles. The number of ether oxygens (including phenoxy) is 5. The van der Waals surface area contributed by atoms with E-state index in [9.17, 15) is 13.2 Å². The van der Waals surface area contributed by atoms with Crippen molar-refractivity contribution in [2.75, 3.05) is 27.4 Å². The van der Waals surface area contributed by atoms with Gasteiger partial charge in [-0.1, -0.05) is 24.3 Å². The van der Waals surface area contributed by atoms with Gasteiger partial charge in [-0.25, -0.2) is 0 Å². The van der Waals surface area contributed by atoms with Gasteiger partial charge in [0.2, 0.25) is 6.10 Å². The molecule has 9 heteroatoms. The van der Waals surface area contributed by atoms with Crippen molar-refractivity contribution >= 4 is 0 Å². The van der Waals surface area contributed by atoms with Crippen molar-refractivity contribution < 1.29 is 36.9 Å². The van der Waals surface area contributed by atoms with Crippen LogP contribution in [-0.4, -0.2) is 38.2 Å². The molecule has 2 aliphatic rings. The van der Waals surface area contributed by atoms with Crippen LogP contribution in [0.3, 0.4) is 0 Å². The molecule has 0 aliphatic carbocycles. The third kappa shape index (κ3) is 4.34. The number of alkyl halides is 3. The molecule has 0 bridgehead atoms. The molecule has 1 atom stereocenters. The second-order valence-electron chi connectivity index (χ2n) is 9.81. The number of rotatable bonds is 7. The predicted molar refractivity (Wildman–Crippen MR) is 149 cm³/mol. The van der Waals surface area contributed by atoms with Gasteiger partial charge in [0.25, 0.3) is 0 Å². The number of fused-ring (bicyclic) bond motifs is 7. The predicted octanol–water partition coefficient (Wildman–Crippen LogP) is 7.86. The maximum absolute atomic E-state index is 14.7. The normalized spacial score (nSPS) is 15.1. The molecule has 3 aromatic carbocycles. The van der Waals surface area contributed by atoms with Crippen molar-refractivity contribution in [2.24, 2.45) is 0 Å². The number of para-hydroxylation sites is 1. The minimum atomic E-state index is -4.64. The van der Waals surface area contributed by atoms with Crippen LogP contribution in [0.25, 0.3) is 33.5 Å². The lowest BCUT2D eigenvalue weighted by molar-refractivity contribution is -0.200. The number of methoxy groups -OCH3 is 2. The maximum Gasteiger partial charge on any atom is 0.431 e. The summed E-state index contributed by atoms with van der Waals surface area (Å²) in [6.07, 6.45) is -6.24. The number of aryl methyl sites for hydroxylation is 1. The van der Waals surface area contributed by atoms with E-state index in [1.165, 1.54) is 7.11 Å². The summed E-state index contributed by atoms with van der Waals surface area (Å²) in [5.41, 5.74) is 4.99. The smallest absolute Gasteiger partial charge is 0.431 e. The quantitative estimate of drug-likeness (QED) is 0.228. The Morgan fingerprint density at radius 1 is 0.829 bits per heavy atom. The number of aromatic nitrogens is 1. The molecule has 41 heavy (non-hydrogen) atoms. The Balaban J connectivity index is 1.74. The van der Waals surface area contributed by atoms with Crippen LogP contribution < -0.4 is 23.7 Å². The molecule has 6 nitrogen and oxygen atoms in total. The highest BCUT2D eigenvalue weighted by molar-refractivity contribution is 5.99. The fraction of sp³-hybridized carbons (Fsp3) is 0.312. The van der Waals surface area contributed by atoms with E-state index in [4.69, 9.17) is 23.7 Å². The fourth-order valence-electron chi connectivity index (χ4n) is 5.95. The summed E-state index contributed by atoms with van der Waals surface area (Å²) < 4.78 is 74.4. The van der Waals surface area contributed by atoms with Gasteiger partial charge in [-0.2, -0.15) is 13.2 Å². The summed E-state index contributed by atoms with van der Waals surface area (Å²) in [5, 5.41) is 0. The van der Waals surface area contributed by atoms with E-state index in [1.54, 1.807) is 29.9 Å². The van der Waals surface area contributed by atoms with E-state index >= 15 is 0 Å². The van der Waals surface area contributed by atoms with Gasteiger partial charge in [0.15, 0.2) is 23.0 Å². The summed E-state index contributed by atoms with van der Waals surface area (Å²) >= 11 is 0. The molecule has 0 spiro atoms. The molecule has 0 radical (unpaired) electrons. The Morgan fingerprint density at radius 3 is 2.22 bits per heavy atom. The van der Waals surface area contributed by atoms with Crippen molar-refractivity contribution in [3.05, 3.63) is 65.9 Å². The van der Waals surface area contributed by atoms with Crippen molar-refractivity contribution in [1.29, 1.82) is 0 Å². The van der Waals surface area contributed by atoms with Crippen molar-refractivity contribution in [1.82, 2.24) is 4.57 Å². The van der Waals surface area contributed by atoms with Gasteiger partial charge in [-0.05, 0) is 61.7 Å². The molecule has 6 rings (SSSR count). The molecule has 4 aromatic rings. The zero-order chi connectivity index (χ0) is 28.9. The first-order chi connectivity index (χ1) is 19.8. The van der Waals surface area contributed by atoms with E-state index < -0.39 is 12.3 Å². The molecule has 3 heterocycles. The minimum absolute atomic E-state index is 0.0912. The number of hydrogen-bond donors (Lipinski definition) is 0. The minimum Gasteiger partial charge on any atom is -0.493 e. The molecule has 0 saturated heterocycles. The van der Waals surface area contributed by atoms with Crippen LogP contribution in [0.5, 0.6) is 28.7 Å². The Hall–Kier alpha value is -4.27. The number of benzene rings is 3. The maximum atomic E-state index is 14.7. The third-order valence-corrected chi connectivity index (χ3v) is 7.55. The first-order valence-corrected chi connectivity index (χ1v) is 13.5. The average molecular weight is 566 g/mol. The van der Waals surface area contributed by atoms with Crippen LogP contribution in [0.15, 0.2) is 54.6 Å². The molecule has 1 unspecified atom stereocenters. The first kappa shape index (κ1) is 26.9. The molecule has 0 amide bonds. The summed E-state index contributed by atoms with van der Waals surface area (Å²) in [4.78, 5) is 0. The SMILES string of the molecule is CCOc1cc2c(cc1OCC)-c1c(-c3ccc(OC)c(OC)c3)c3c(n1CC2)C(C(F)(F)F)Oc1ccccc1-3. The second kappa shape index (κ2) is 10.3. The van der Waals surface area contributed by atoms with E-state index in [0.717, 1.165) is 11.1 Å². The zero-order valence-electron chi connectivity index (χ0n) is 23.2. The highest BCUT2D eigenvalue weighted by atomic mass is 19.4. The van der Waals surface area contributed by atoms with Gasteiger partial charge in [0.05, 0.1) is 38.8 Å². The number of nitrogens with zero attached hydrogens (tertiary/aromatic N) is 1. The monoisotopic (exact) mass is 565 g/mol. The summed E-state index contributed by atoms with van der Waals surface area (Å²) in [7, 11) is 3.08. The lowest BCUT2D eigenvalue weighted by atomic mass is 9.88. The largest absolute Gasteiger partial charge is 0.493 e. The number of hydrogen-bond acceptors (Lipinski definition) is 5. The molecule has 0 N–H and O–H groups in total. The molecule has 0 fully saturated rings. The zero-order valence-corrected chi connectivity index (χ0v) is 23.2. The Kier molecular flexibility index (Phi) is 6.76. The first-order valence-electron chi connectivity index (χ1n) is 13.5. The number of halogens is 3. The Labute approximate surface area is 236 Å². The van der Waals surface area contributed by atoms with Crippen LogP contribution in [0.1, 0.15) is 31.2 Å². The summed E-state index contributed by atoms with van der Waals surface area (Å²) in [6.45, 7) is 5.00. The van der Waals surface area contributed by atoms with Crippen molar-refractivity contribution in [3.8, 4) is 62.3 Å². The van der Waals surface area contributed by atoms with E-state index in [0.29, 0.717) is 77.1 Å². The van der Waals surface area contributed by atoms with Gasteiger partial charge in [-0.3, -0.25) is 0 Å². The molecule has 214 valence electrons. The van der Waals surface area contributed by atoms with Crippen LogP contribution >= 0.6 is 0 Å². The lowest BCUT2D eigenvalue weighted by Gasteiger charge is -2.31. The van der Waals surface area contributed by atoms with Gasteiger partial charge >= 0.3 is 6.18 Å².